The van der Waals surface area contributed by atoms with Gasteiger partial charge >= 0.3 is 0 Å². The molecule has 1 unspecified atom stereocenters. The average Bonchev–Trinajstić information content (AvgIpc) is 2.14. The van der Waals surface area contributed by atoms with Gasteiger partial charge in [0.2, 0.25) is 5.91 Å². The molecule has 0 aliphatic carbocycles. The highest BCUT2D eigenvalue weighted by molar-refractivity contribution is 5.76. The number of carbonyl (C=O) groups is 1. The van der Waals surface area contributed by atoms with Crippen LogP contribution in [0.3, 0.4) is 0 Å². The van der Waals surface area contributed by atoms with E-state index in [0.717, 1.165) is 6.42 Å². The molecule has 3 N–H and O–H groups in total. The van der Waals surface area contributed by atoms with Crippen LogP contribution in [0.25, 0.3) is 0 Å². The van der Waals surface area contributed by atoms with Gasteiger partial charge in [0.1, 0.15) is 0 Å². The van der Waals surface area contributed by atoms with Crippen molar-refractivity contribution in [2.45, 2.75) is 26.2 Å². The Kier molecular flexibility index (Phi) is 7.04. The molecule has 0 bridgehead atoms. The maximum atomic E-state index is 11.2. The lowest BCUT2D eigenvalue weighted by molar-refractivity contribution is -0.121. The largest absolute Gasteiger partial charge is 0.355 e. The lowest BCUT2D eigenvalue weighted by atomic mass is 10.0. The van der Waals surface area contributed by atoms with E-state index in [2.05, 4.69) is 11.2 Å². The second kappa shape index (κ2) is 7.63. The fraction of sp³-hybridized carbons (Fsp3) is 0.700. The minimum atomic E-state index is 0.0487. The highest BCUT2D eigenvalue weighted by Gasteiger charge is 2.09. The first-order valence-electron chi connectivity index (χ1n) is 4.64. The van der Waals surface area contributed by atoms with Crippen LogP contribution in [-0.2, 0) is 4.79 Å². The minimum absolute atomic E-state index is 0.0487. The number of hydrogen-bond acceptors (Lipinski definition) is 2. The molecule has 0 fully saturated rings. The van der Waals surface area contributed by atoms with Crippen LogP contribution in [0.2, 0.25) is 0 Å². The Morgan fingerprint density at radius 1 is 1.69 bits per heavy atom. The maximum Gasteiger partial charge on any atom is 0.220 e. The lowest BCUT2D eigenvalue weighted by Gasteiger charge is -2.11. The van der Waals surface area contributed by atoms with Gasteiger partial charge in [0, 0.05) is 19.4 Å². The molecular weight excluding hydrogens is 164 g/mol. The fourth-order valence-corrected chi connectivity index (χ4v) is 1.00. The van der Waals surface area contributed by atoms with Crippen molar-refractivity contribution in [3.8, 4) is 12.3 Å². The molecule has 74 valence electrons. The van der Waals surface area contributed by atoms with Gasteiger partial charge in [-0.1, -0.05) is 13.3 Å². The quantitative estimate of drug-likeness (QED) is 0.464. The van der Waals surface area contributed by atoms with Crippen molar-refractivity contribution in [2.75, 3.05) is 13.1 Å². The second-order valence-electron chi connectivity index (χ2n) is 3.02. The zero-order chi connectivity index (χ0) is 10.1. The molecule has 0 aliphatic rings. The van der Waals surface area contributed by atoms with Crippen molar-refractivity contribution in [1.82, 2.24) is 5.32 Å². The van der Waals surface area contributed by atoms with Crippen molar-refractivity contribution in [2.24, 2.45) is 11.7 Å². The van der Waals surface area contributed by atoms with Crippen LogP contribution in [0.4, 0.5) is 0 Å². The monoisotopic (exact) mass is 182 g/mol. The minimum Gasteiger partial charge on any atom is -0.355 e. The number of nitrogens with one attached hydrogen (secondary N) is 1. The van der Waals surface area contributed by atoms with Gasteiger partial charge in [-0.3, -0.25) is 4.79 Å². The molecule has 0 aromatic rings. The molecule has 0 saturated heterocycles. The summed E-state index contributed by atoms with van der Waals surface area (Å²) in [6.07, 6.45) is 7.09. The van der Waals surface area contributed by atoms with Crippen LogP contribution in [0.5, 0.6) is 0 Å². The number of rotatable bonds is 6. The Balaban J connectivity index is 3.55. The van der Waals surface area contributed by atoms with E-state index in [1.807, 2.05) is 6.92 Å². The molecule has 1 atom stereocenters. The maximum absolute atomic E-state index is 11.2. The van der Waals surface area contributed by atoms with E-state index in [9.17, 15) is 4.79 Å². The molecule has 1 amide bonds. The lowest BCUT2D eigenvalue weighted by Crippen LogP contribution is -2.28. The molecule has 0 radical (unpaired) electrons. The first-order chi connectivity index (χ1) is 6.24. The third-order valence-electron chi connectivity index (χ3n) is 1.98. The van der Waals surface area contributed by atoms with Crippen LogP contribution < -0.4 is 11.1 Å². The summed E-state index contributed by atoms with van der Waals surface area (Å²) in [5, 5.41) is 2.75. The SMILES string of the molecule is C#CCCNC(=O)CC(CC)CN. The summed E-state index contributed by atoms with van der Waals surface area (Å²) in [6, 6.07) is 0. The molecule has 0 aromatic carbocycles. The van der Waals surface area contributed by atoms with Crippen LogP contribution in [0.1, 0.15) is 26.2 Å². The summed E-state index contributed by atoms with van der Waals surface area (Å²) >= 11 is 0. The van der Waals surface area contributed by atoms with Crippen molar-refractivity contribution in [1.29, 1.82) is 0 Å². The van der Waals surface area contributed by atoms with Crippen LogP contribution in [-0.4, -0.2) is 19.0 Å². The van der Waals surface area contributed by atoms with Crippen molar-refractivity contribution in [3.63, 3.8) is 0 Å². The van der Waals surface area contributed by atoms with E-state index >= 15 is 0 Å². The number of terminal acetylenes is 1. The Bertz CT molecular complexity index is 180. The first kappa shape index (κ1) is 12.0. The molecular formula is C10H18N2O. The van der Waals surface area contributed by atoms with Gasteiger partial charge < -0.3 is 11.1 Å². The highest BCUT2D eigenvalue weighted by Crippen LogP contribution is 2.04. The van der Waals surface area contributed by atoms with E-state index in [4.69, 9.17) is 12.2 Å². The average molecular weight is 182 g/mol. The van der Waals surface area contributed by atoms with Crippen molar-refractivity contribution >= 4 is 5.91 Å². The number of hydrogen-bond donors (Lipinski definition) is 2. The normalized spacial score (nSPS) is 11.8. The smallest absolute Gasteiger partial charge is 0.220 e. The predicted molar refractivity (Wildman–Crippen MR) is 53.9 cm³/mol. The summed E-state index contributed by atoms with van der Waals surface area (Å²) in [5.41, 5.74) is 5.47. The standard InChI is InChI=1S/C10H18N2O/c1-3-5-6-12-10(13)7-9(4-2)8-11/h1,9H,4-8,11H2,2H3,(H,12,13). The van der Waals surface area contributed by atoms with Crippen molar-refractivity contribution < 1.29 is 4.79 Å². The van der Waals surface area contributed by atoms with E-state index in [-0.39, 0.29) is 5.91 Å². The van der Waals surface area contributed by atoms with Gasteiger partial charge in [0.25, 0.3) is 0 Å². The van der Waals surface area contributed by atoms with Gasteiger partial charge in [-0.05, 0) is 12.5 Å². The van der Waals surface area contributed by atoms with E-state index in [1.165, 1.54) is 0 Å². The Morgan fingerprint density at radius 3 is 2.85 bits per heavy atom. The van der Waals surface area contributed by atoms with Gasteiger partial charge in [0.15, 0.2) is 0 Å². The molecule has 13 heavy (non-hydrogen) atoms. The molecule has 3 nitrogen and oxygen atoms in total. The molecule has 0 heterocycles. The topological polar surface area (TPSA) is 55.1 Å². The number of nitrogens with two attached hydrogens (primary N) is 1. The zero-order valence-electron chi connectivity index (χ0n) is 8.18. The molecule has 0 aromatic heterocycles. The van der Waals surface area contributed by atoms with Gasteiger partial charge in [0.05, 0.1) is 0 Å². The molecule has 0 saturated carbocycles. The summed E-state index contributed by atoms with van der Waals surface area (Å²) in [6.45, 7) is 3.17. The van der Waals surface area contributed by atoms with E-state index in [0.29, 0.717) is 31.8 Å². The third kappa shape index (κ3) is 6.18. The van der Waals surface area contributed by atoms with Gasteiger partial charge in [-0.25, -0.2) is 0 Å². The fourth-order valence-electron chi connectivity index (χ4n) is 1.00. The molecule has 0 aliphatic heterocycles. The molecule has 3 heteroatoms. The molecule has 0 rings (SSSR count). The van der Waals surface area contributed by atoms with Crippen molar-refractivity contribution in [3.05, 3.63) is 0 Å². The number of amides is 1. The third-order valence-corrected chi connectivity index (χ3v) is 1.98. The predicted octanol–water partition coefficient (Wildman–Crippen LogP) is 0.501. The Morgan fingerprint density at radius 2 is 2.38 bits per heavy atom. The van der Waals surface area contributed by atoms with E-state index in [1.54, 1.807) is 0 Å². The summed E-state index contributed by atoms with van der Waals surface area (Å²) in [4.78, 5) is 11.2. The van der Waals surface area contributed by atoms with Gasteiger partial charge in [-0.15, -0.1) is 12.3 Å². The number of carbonyl (C=O) groups excluding carboxylic acids is 1. The Labute approximate surface area is 80.1 Å². The highest BCUT2D eigenvalue weighted by atomic mass is 16.1. The van der Waals surface area contributed by atoms with E-state index < -0.39 is 0 Å². The first-order valence-corrected chi connectivity index (χ1v) is 4.64. The zero-order valence-corrected chi connectivity index (χ0v) is 8.18. The van der Waals surface area contributed by atoms with Crippen LogP contribution in [0.15, 0.2) is 0 Å². The van der Waals surface area contributed by atoms with Crippen LogP contribution >= 0.6 is 0 Å². The Hall–Kier alpha value is -1.01. The second-order valence-corrected chi connectivity index (χ2v) is 3.02. The van der Waals surface area contributed by atoms with Gasteiger partial charge in [-0.2, -0.15) is 0 Å². The van der Waals surface area contributed by atoms with Crippen LogP contribution in [0, 0.1) is 18.3 Å². The summed E-state index contributed by atoms with van der Waals surface area (Å²) in [5.74, 6) is 2.81. The summed E-state index contributed by atoms with van der Waals surface area (Å²) in [7, 11) is 0. The molecule has 0 spiro atoms. The summed E-state index contributed by atoms with van der Waals surface area (Å²) < 4.78 is 0.